The topological polar surface area (TPSA) is 53.0 Å². The molecule has 0 spiro atoms. The van der Waals surface area contributed by atoms with Gasteiger partial charge in [-0.3, -0.25) is 14.6 Å². The predicted octanol–water partition coefficient (Wildman–Crippen LogP) is 1.84. The zero-order chi connectivity index (χ0) is 14.3. The molecule has 1 saturated heterocycles. The van der Waals surface area contributed by atoms with E-state index in [1.807, 2.05) is 0 Å². The van der Waals surface area contributed by atoms with Gasteiger partial charge in [0.05, 0.1) is 0 Å². The van der Waals surface area contributed by atoms with Gasteiger partial charge in [-0.15, -0.1) is 0 Å². The number of allylic oxidation sites excluding steroid dienone is 1. The molecule has 0 aromatic rings. The van der Waals surface area contributed by atoms with E-state index in [1.165, 1.54) is 11.9 Å². The van der Waals surface area contributed by atoms with E-state index in [4.69, 9.17) is 12.2 Å². The lowest BCUT2D eigenvalue weighted by molar-refractivity contribution is -0.128. The number of hydrogen-bond acceptors (Lipinski definition) is 4. The van der Waals surface area contributed by atoms with Crippen molar-refractivity contribution in [1.29, 1.82) is 0 Å². The molecule has 1 fully saturated rings. The van der Waals surface area contributed by atoms with Gasteiger partial charge in [-0.2, -0.15) is 0 Å². The number of hydrogen-bond donors (Lipinski definition) is 0. The van der Waals surface area contributed by atoms with E-state index in [2.05, 4.69) is 18.8 Å². The number of amidine groups is 1. The first-order valence-electron chi connectivity index (χ1n) is 6.20. The summed E-state index contributed by atoms with van der Waals surface area (Å²) in [5, 5.41) is 0. The average molecular weight is 279 g/mol. The van der Waals surface area contributed by atoms with Crippen LogP contribution in [-0.4, -0.2) is 46.5 Å². The maximum absolute atomic E-state index is 12.2. The highest BCUT2D eigenvalue weighted by molar-refractivity contribution is 7.81. The number of aliphatic imine (C=N–C) groups is 1. The van der Waals surface area contributed by atoms with Gasteiger partial charge in [0.1, 0.15) is 11.8 Å². The highest BCUT2D eigenvalue weighted by Crippen LogP contribution is 2.28. The third-order valence-electron chi connectivity index (χ3n) is 3.31. The van der Waals surface area contributed by atoms with Crippen LogP contribution in [-0.2, 0) is 4.79 Å². The van der Waals surface area contributed by atoms with Crippen molar-refractivity contribution in [2.75, 3.05) is 14.1 Å². The monoisotopic (exact) mass is 279 g/mol. The normalized spacial score (nSPS) is 23.6. The molecule has 19 heavy (non-hydrogen) atoms. The van der Waals surface area contributed by atoms with Crippen molar-refractivity contribution >= 4 is 34.9 Å². The molecule has 2 heterocycles. The van der Waals surface area contributed by atoms with Gasteiger partial charge in [-0.1, -0.05) is 26.1 Å². The van der Waals surface area contributed by atoms with Gasteiger partial charge < -0.3 is 0 Å². The molecule has 0 saturated carbocycles. The smallest absolute Gasteiger partial charge is 0.284 e. The number of fused-ring (bicyclic) bond motifs is 1. The van der Waals surface area contributed by atoms with Crippen LogP contribution in [0, 0.1) is 11.8 Å². The Morgan fingerprint density at radius 3 is 2.53 bits per heavy atom. The van der Waals surface area contributed by atoms with Crippen molar-refractivity contribution in [3.8, 4) is 0 Å². The van der Waals surface area contributed by atoms with Crippen molar-refractivity contribution in [1.82, 2.24) is 9.80 Å². The molecule has 2 aliphatic heterocycles. The van der Waals surface area contributed by atoms with E-state index in [1.54, 1.807) is 13.2 Å². The lowest BCUT2D eigenvalue weighted by atomic mass is 9.88. The van der Waals surface area contributed by atoms with Crippen LogP contribution in [0.3, 0.4) is 0 Å². The Morgan fingerprint density at radius 1 is 1.32 bits per heavy atom. The quantitative estimate of drug-likeness (QED) is 0.725. The van der Waals surface area contributed by atoms with Crippen LogP contribution in [0.1, 0.15) is 20.3 Å². The molecular weight excluding hydrogens is 262 g/mol. The molecule has 0 radical (unpaired) electrons. The van der Waals surface area contributed by atoms with Crippen molar-refractivity contribution in [3.05, 3.63) is 11.8 Å². The number of carbonyl (C=O) groups excluding carboxylic acids is 2. The molecule has 0 aromatic carbocycles. The van der Waals surface area contributed by atoms with Gasteiger partial charge in [-0.25, -0.2) is 9.79 Å². The van der Waals surface area contributed by atoms with E-state index in [0.29, 0.717) is 16.6 Å². The zero-order valence-corrected chi connectivity index (χ0v) is 12.3. The molecule has 0 aliphatic carbocycles. The Kier molecular flexibility index (Phi) is 3.54. The van der Waals surface area contributed by atoms with Gasteiger partial charge >= 0.3 is 6.03 Å². The Balaban J connectivity index is 2.41. The molecule has 0 aromatic heterocycles. The molecule has 2 aliphatic rings. The van der Waals surface area contributed by atoms with Crippen LogP contribution in [0.5, 0.6) is 0 Å². The molecule has 0 N–H and O–H groups in total. The summed E-state index contributed by atoms with van der Waals surface area (Å²) in [5.41, 5.74) is 0.920. The molecular formula is C13H17N3O2S. The van der Waals surface area contributed by atoms with Crippen molar-refractivity contribution in [3.63, 3.8) is 0 Å². The van der Waals surface area contributed by atoms with Crippen molar-refractivity contribution in [2.45, 2.75) is 20.3 Å². The Morgan fingerprint density at radius 2 is 1.95 bits per heavy atom. The van der Waals surface area contributed by atoms with E-state index < -0.39 is 5.92 Å². The predicted molar refractivity (Wildman–Crippen MR) is 77.0 cm³/mol. The Labute approximate surface area is 118 Å². The Bertz CT molecular complexity index is 522. The fourth-order valence-corrected chi connectivity index (χ4v) is 2.63. The van der Waals surface area contributed by atoms with Crippen LogP contribution in [0.4, 0.5) is 4.79 Å². The summed E-state index contributed by atoms with van der Waals surface area (Å²) < 4.78 is 0. The standard InChI is InChI=1S/C13H17N3O2S/c1-7(2)5-8-6-14-11-9(10(8)19)12(17)16(4)13(18)15(11)3/h6-7,9H,5H2,1-4H3. The van der Waals surface area contributed by atoms with Gasteiger partial charge in [0.15, 0.2) is 0 Å². The third kappa shape index (κ3) is 2.20. The zero-order valence-electron chi connectivity index (χ0n) is 11.5. The third-order valence-corrected chi connectivity index (χ3v) is 3.81. The average Bonchev–Trinajstić information content (AvgIpc) is 2.35. The minimum absolute atomic E-state index is 0.291. The van der Waals surface area contributed by atoms with E-state index in [9.17, 15) is 9.59 Å². The highest BCUT2D eigenvalue weighted by atomic mass is 32.1. The van der Waals surface area contributed by atoms with Crippen molar-refractivity contribution < 1.29 is 9.59 Å². The summed E-state index contributed by atoms with van der Waals surface area (Å²) in [6.07, 6.45) is 2.48. The van der Waals surface area contributed by atoms with E-state index in [-0.39, 0.29) is 11.9 Å². The fourth-order valence-electron chi connectivity index (χ4n) is 2.29. The number of nitrogens with zero attached hydrogens (tertiary/aromatic N) is 3. The number of urea groups is 1. The fraction of sp³-hybridized carbons (Fsp3) is 0.538. The SMILES string of the molecule is CC(C)CC1=CN=C2C(C(=O)N(C)C(=O)N2C)C1=S. The van der Waals surface area contributed by atoms with E-state index in [0.717, 1.165) is 16.9 Å². The lowest BCUT2D eigenvalue weighted by Crippen LogP contribution is -2.59. The summed E-state index contributed by atoms with van der Waals surface area (Å²) in [4.78, 5) is 31.4. The van der Waals surface area contributed by atoms with Crippen LogP contribution in [0.2, 0.25) is 0 Å². The summed E-state index contributed by atoms with van der Waals surface area (Å²) in [5.74, 6) is -0.00926. The van der Waals surface area contributed by atoms with Crippen molar-refractivity contribution in [2.24, 2.45) is 16.8 Å². The second-order valence-corrected chi connectivity index (χ2v) is 5.72. The van der Waals surface area contributed by atoms with Gasteiger partial charge in [0, 0.05) is 25.2 Å². The molecule has 1 unspecified atom stereocenters. The van der Waals surface area contributed by atoms with Gasteiger partial charge in [0.2, 0.25) is 5.91 Å². The first-order valence-corrected chi connectivity index (χ1v) is 6.61. The number of amides is 3. The first-order chi connectivity index (χ1) is 8.84. The molecule has 1 atom stereocenters. The second-order valence-electron chi connectivity index (χ2n) is 5.28. The molecule has 0 bridgehead atoms. The van der Waals surface area contributed by atoms with Crippen LogP contribution in [0.25, 0.3) is 0 Å². The summed E-state index contributed by atoms with van der Waals surface area (Å²) in [7, 11) is 3.09. The number of carbonyl (C=O) groups is 2. The van der Waals surface area contributed by atoms with Crippen LogP contribution in [0.15, 0.2) is 16.8 Å². The maximum atomic E-state index is 12.2. The minimum atomic E-state index is -0.596. The Hall–Kier alpha value is -1.56. The number of thiocarbonyl (C=S) groups is 1. The molecule has 5 nitrogen and oxygen atoms in total. The largest absolute Gasteiger partial charge is 0.331 e. The molecule has 2 rings (SSSR count). The molecule has 3 amide bonds. The van der Waals surface area contributed by atoms with Crippen LogP contribution >= 0.6 is 12.2 Å². The number of imide groups is 1. The van der Waals surface area contributed by atoms with Gasteiger partial charge in [-0.05, 0) is 17.9 Å². The highest BCUT2D eigenvalue weighted by Gasteiger charge is 2.44. The lowest BCUT2D eigenvalue weighted by Gasteiger charge is -2.37. The molecule has 6 heteroatoms. The molecule has 102 valence electrons. The second kappa shape index (κ2) is 4.85. The minimum Gasteiger partial charge on any atom is -0.284 e. The number of rotatable bonds is 2. The summed E-state index contributed by atoms with van der Waals surface area (Å²) in [6.45, 7) is 4.18. The summed E-state index contributed by atoms with van der Waals surface area (Å²) >= 11 is 5.43. The maximum Gasteiger partial charge on any atom is 0.331 e. The first kappa shape index (κ1) is 13.9. The van der Waals surface area contributed by atoms with Crippen LogP contribution < -0.4 is 0 Å². The summed E-state index contributed by atoms with van der Waals surface area (Å²) in [6, 6.07) is -0.372. The van der Waals surface area contributed by atoms with Gasteiger partial charge in [0.25, 0.3) is 0 Å². The van der Waals surface area contributed by atoms with E-state index >= 15 is 0 Å².